The standard InChI is InChI=1S/C6H16N4/c1-9-4-2-6(3-5-9)10(7)8/h6H,2-5,7-8H2,1H3. The van der Waals surface area contributed by atoms with Gasteiger partial charge in [-0.3, -0.25) is 11.7 Å². The fraction of sp³-hybridized carbons (Fsp3) is 1.00. The van der Waals surface area contributed by atoms with Gasteiger partial charge in [0.1, 0.15) is 0 Å². The third-order valence-corrected chi connectivity index (χ3v) is 2.11. The van der Waals surface area contributed by atoms with Crippen molar-refractivity contribution in [2.45, 2.75) is 18.9 Å². The summed E-state index contributed by atoms with van der Waals surface area (Å²) in [5.74, 6) is 10.8. The normalized spacial score (nSPS) is 24.0. The molecule has 1 aliphatic rings. The second-order valence-electron chi connectivity index (χ2n) is 2.98. The SMILES string of the molecule is CN1CCC(N(N)N)CC1. The Morgan fingerprint density at radius 2 is 1.80 bits per heavy atom. The Morgan fingerprint density at radius 1 is 1.30 bits per heavy atom. The number of hydrazine groups is 2. The summed E-state index contributed by atoms with van der Waals surface area (Å²) in [6.45, 7) is 2.21. The van der Waals surface area contributed by atoms with Gasteiger partial charge in [0, 0.05) is 6.04 Å². The molecule has 1 heterocycles. The minimum Gasteiger partial charge on any atom is -0.306 e. The molecular formula is C6H16N4. The van der Waals surface area contributed by atoms with Crippen molar-refractivity contribution in [1.29, 1.82) is 0 Å². The zero-order chi connectivity index (χ0) is 7.56. The third-order valence-electron chi connectivity index (χ3n) is 2.11. The molecule has 1 aliphatic heterocycles. The lowest BCUT2D eigenvalue weighted by Crippen LogP contribution is -2.51. The molecule has 0 amide bonds. The fourth-order valence-electron chi connectivity index (χ4n) is 1.29. The van der Waals surface area contributed by atoms with Crippen LogP contribution >= 0.6 is 0 Å². The van der Waals surface area contributed by atoms with Crippen LogP contribution in [0.1, 0.15) is 12.8 Å². The minimum absolute atomic E-state index is 0.385. The first kappa shape index (κ1) is 7.94. The summed E-state index contributed by atoms with van der Waals surface area (Å²) in [6, 6.07) is 0.385. The van der Waals surface area contributed by atoms with Gasteiger partial charge in [0.25, 0.3) is 0 Å². The highest BCUT2D eigenvalue weighted by molar-refractivity contribution is 4.73. The van der Waals surface area contributed by atoms with E-state index >= 15 is 0 Å². The molecule has 60 valence electrons. The van der Waals surface area contributed by atoms with Crippen molar-refractivity contribution >= 4 is 0 Å². The summed E-state index contributed by atoms with van der Waals surface area (Å²) < 4.78 is 0. The molecule has 1 rings (SSSR count). The monoisotopic (exact) mass is 144 g/mol. The minimum atomic E-state index is 0.385. The first-order valence-corrected chi connectivity index (χ1v) is 3.67. The van der Waals surface area contributed by atoms with E-state index in [0.29, 0.717) is 6.04 Å². The molecule has 0 aromatic heterocycles. The topological polar surface area (TPSA) is 58.5 Å². The van der Waals surface area contributed by atoms with Crippen LogP contribution in [0.5, 0.6) is 0 Å². The molecule has 0 atom stereocenters. The molecule has 0 saturated carbocycles. The lowest BCUT2D eigenvalue weighted by Gasteiger charge is -2.31. The number of rotatable bonds is 1. The molecule has 1 saturated heterocycles. The molecule has 0 bridgehead atoms. The smallest absolute Gasteiger partial charge is 0.0419 e. The van der Waals surface area contributed by atoms with Crippen molar-refractivity contribution in [1.82, 2.24) is 10.0 Å². The average molecular weight is 144 g/mol. The first-order chi connectivity index (χ1) is 4.70. The van der Waals surface area contributed by atoms with Gasteiger partial charge in [-0.1, -0.05) is 0 Å². The van der Waals surface area contributed by atoms with E-state index in [4.69, 9.17) is 11.7 Å². The van der Waals surface area contributed by atoms with E-state index in [0.717, 1.165) is 25.9 Å². The Kier molecular flexibility index (Phi) is 2.62. The van der Waals surface area contributed by atoms with Crippen molar-refractivity contribution in [2.24, 2.45) is 11.7 Å². The molecular weight excluding hydrogens is 128 g/mol. The highest BCUT2D eigenvalue weighted by Crippen LogP contribution is 2.09. The van der Waals surface area contributed by atoms with Crippen LogP contribution in [-0.4, -0.2) is 36.2 Å². The van der Waals surface area contributed by atoms with Crippen molar-refractivity contribution < 1.29 is 0 Å². The maximum Gasteiger partial charge on any atom is 0.0419 e. The largest absolute Gasteiger partial charge is 0.306 e. The van der Waals surface area contributed by atoms with Crippen LogP contribution in [0, 0.1) is 0 Å². The van der Waals surface area contributed by atoms with Gasteiger partial charge < -0.3 is 4.90 Å². The molecule has 0 radical (unpaired) electrons. The molecule has 0 aliphatic carbocycles. The average Bonchev–Trinajstić information content (AvgIpc) is 1.88. The lowest BCUT2D eigenvalue weighted by molar-refractivity contribution is 0.123. The van der Waals surface area contributed by atoms with Crippen LogP contribution in [0.4, 0.5) is 0 Å². The van der Waals surface area contributed by atoms with Crippen LogP contribution in [0.15, 0.2) is 0 Å². The summed E-state index contributed by atoms with van der Waals surface area (Å²) in [5, 5.41) is 1.34. The van der Waals surface area contributed by atoms with E-state index in [2.05, 4.69) is 11.9 Å². The molecule has 10 heavy (non-hydrogen) atoms. The maximum absolute atomic E-state index is 5.41. The number of nitrogens with zero attached hydrogens (tertiary/aromatic N) is 2. The van der Waals surface area contributed by atoms with Crippen molar-refractivity contribution in [2.75, 3.05) is 20.1 Å². The van der Waals surface area contributed by atoms with Gasteiger partial charge in [-0.05, 0) is 33.0 Å². The molecule has 0 unspecified atom stereocenters. The van der Waals surface area contributed by atoms with Crippen LogP contribution in [0.3, 0.4) is 0 Å². The highest BCUT2D eigenvalue weighted by atomic mass is 15.6. The summed E-state index contributed by atoms with van der Waals surface area (Å²) in [7, 11) is 2.12. The first-order valence-electron chi connectivity index (χ1n) is 3.67. The van der Waals surface area contributed by atoms with E-state index in [1.54, 1.807) is 0 Å². The van der Waals surface area contributed by atoms with Crippen LogP contribution in [0.2, 0.25) is 0 Å². The van der Waals surface area contributed by atoms with E-state index in [-0.39, 0.29) is 0 Å². The molecule has 0 aromatic rings. The number of hydrogen-bond donors (Lipinski definition) is 2. The Balaban J connectivity index is 2.26. The van der Waals surface area contributed by atoms with Gasteiger partial charge in [0.2, 0.25) is 0 Å². The Labute approximate surface area is 61.7 Å². The molecule has 0 aromatic carbocycles. The third kappa shape index (κ3) is 1.91. The Hall–Kier alpha value is -0.160. The quantitative estimate of drug-likeness (QED) is 0.371. The maximum atomic E-state index is 5.41. The number of nitrogens with two attached hydrogens (primary N) is 2. The summed E-state index contributed by atoms with van der Waals surface area (Å²) in [6.07, 6.45) is 2.17. The predicted octanol–water partition coefficient (Wildman–Crippen LogP) is -0.870. The number of likely N-dealkylation sites (tertiary alicyclic amines) is 1. The van der Waals surface area contributed by atoms with Crippen molar-refractivity contribution in [3.63, 3.8) is 0 Å². The molecule has 4 heteroatoms. The lowest BCUT2D eigenvalue weighted by atomic mass is 10.1. The van der Waals surface area contributed by atoms with Gasteiger partial charge in [0.15, 0.2) is 0 Å². The Bertz CT molecular complexity index is 95.9. The van der Waals surface area contributed by atoms with Gasteiger partial charge >= 0.3 is 0 Å². The van der Waals surface area contributed by atoms with E-state index < -0.39 is 0 Å². The van der Waals surface area contributed by atoms with E-state index in [1.807, 2.05) is 0 Å². The molecule has 0 spiro atoms. The predicted molar refractivity (Wildman–Crippen MR) is 40.7 cm³/mol. The van der Waals surface area contributed by atoms with Gasteiger partial charge in [-0.15, -0.1) is 0 Å². The number of hydrogen-bond acceptors (Lipinski definition) is 4. The van der Waals surface area contributed by atoms with Crippen molar-refractivity contribution in [3.8, 4) is 0 Å². The van der Waals surface area contributed by atoms with E-state index in [9.17, 15) is 0 Å². The highest BCUT2D eigenvalue weighted by Gasteiger charge is 2.18. The summed E-state index contributed by atoms with van der Waals surface area (Å²) in [4.78, 5) is 2.29. The van der Waals surface area contributed by atoms with Gasteiger partial charge in [-0.2, -0.15) is 5.12 Å². The zero-order valence-electron chi connectivity index (χ0n) is 6.45. The molecule has 4 N–H and O–H groups in total. The molecule has 4 nitrogen and oxygen atoms in total. The molecule has 1 fully saturated rings. The summed E-state index contributed by atoms with van der Waals surface area (Å²) >= 11 is 0. The number of piperidine rings is 1. The second-order valence-corrected chi connectivity index (χ2v) is 2.98. The Morgan fingerprint density at radius 3 is 2.20 bits per heavy atom. The van der Waals surface area contributed by atoms with E-state index in [1.165, 1.54) is 5.12 Å². The van der Waals surface area contributed by atoms with Gasteiger partial charge in [-0.25, -0.2) is 0 Å². The van der Waals surface area contributed by atoms with Crippen LogP contribution in [-0.2, 0) is 0 Å². The van der Waals surface area contributed by atoms with Crippen LogP contribution < -0.4 is 11.7 Å². The fourth-order valence-corrected chi connectivity index (χ4v) is 1.29. The second kappa shape index (κ2) is 3.30. The van der Waals surface area contributed by atoms with Crippen LogP contribution in [0.25, 0.3) is 0 Å². The van der Waals surface area contributed by atoms with Gasteiger partial charge in [0.05, 0.1) is 0 Å². The van der Waals surface area contributed by atoms with Crippen molar-refractivity contribution in [3.05, 3.63) is 0 Å². The zero-order valence-corrected chi connectivity index (χ0v) is 6.45. The summed E-state index contributed by atoms with van der Waals surface area (Å²) in [5.41, 5.74) is 0.